The van der Waals surface area contributed by atoms with Gasteiger partial charge in [0.25, 0.3) is 0 Å². The molecule has 0 fully saturated rings. The number of rotatable bonds is 12. The molecule has 0 radical (unpaired) electrons. The number of hydrogen-bond donors (Lipinski definition) is 1. The van der Waals surface area contributed by atoms with Crippen molar-refractivity contribution in [2.45, 2.75) is 34.3 Å². The standard InChI is InChI=1S/C20H31N3O3S/c1-15(2)11-23(12-16(3)4)8-7-21-20(24)14-25-13-17-10-18(26-22-17)19-6-5-9-27-19/h5-6,9-10,15-16H,7-8,11-14H2,1-4H3,(H,21,24). The molecule has 0 saturated carbocycles. The smallest absolute Gasteiger partial charge is 0.246 e. The first-order chi connectivity index (χ1) is 12.9. The van der Waals surface area contributed by atoms with Crippen LogP contribution in [0.1, 0.15) is 33.4 Å². The molecule has 0 bridgehead atoms. The quantitative estimate of drug-likeness (QED) is 0.596. The zero-order valence-corrected chi connectivity index (χ0v) is 17.6. The lowest BCUT2D eigenvalue weighted by Crippen LogP contribution is -2.39. The first kappa shape index (κ1) is 21.6. The number of amides is 1. The first-order valence-electron chi connectivity index (χ1n) is 9.50. The van der Waals surface area contributed by atoms with Gasteiger partial charge in [-0.3, -0.25) is 4.79 Å². The average molecular weight is 394 g/mol. The summed E-state index contributed by atoms with van der Waals surface area (Å²) >= 11 is 1.59. The van der Waals surface area contributed by atoms with Crippen molar-refractivity contribution >= 4 is 17.2 Å². The molecule has 150 valence electrons. The highest BCUT2D eigenvalue weighted by Crippen LogP contribution is 2.25. The summed E-state index contributed by atoms with van der Waals surface area (Å²) in [6, 6.07) is 5.79. The third-order valence-corrected chi connectivity index (χ3v) is 4.69. The highest BCUT2D eigenvalue weighted by Gasteiger charge is 2.11. The van der Waals surface area contributed by atoms with Crippen molar-refractivity contribution in [1.82, 2.24) is 15.4 Å². The molecule has 0 aliphatic heterocycles. The third kappa shape index (κ3) is 8.24. The Balaban J connectivity index is 1.64. The number of ether oxygens (including phenoxy) is 1. The van der Waals surface area contributed by atoms with Gasteiger partial charge < -0.3 is 19.5 Å². The molecule has 2 aromatic heterocycles. The van der Waals surface area contributed by atoms with Crippen LogP contribution in [-0.2, 0) is 16.1 Å². The maximum absolute atomic E-state index is 12.0. The number of thiophene rings is 1. The number of nitrogens with one attached hydrogen (secondary N) is 1. The van der Waals surface area contributed by atoms with E-state index in [2.05, 4.69) is 43.1 Å². The number of nitrogens with zero attached hydrogens (tertiary/aromatic N) is 2. The second-order valence-electron chi connectivity index (χ2n) is 7.55. The zero-order valence-electron chi connectivity index (χ0n) is 16.7. The fraction of sp³-hybridized carbons (Fsp3) is 0.600. The molecular formula is C20H31N3O3S. The van der Waals surface area contributed by atoms with Crippen LogP contribution in [0.3, 0.4) is 0 Å². The molecule has 0 unspecified atom stereocenters. The van der Waals surface area contributed by atoms with Crippen LogP contribution in [0, 0.1) is 11.8 Å². The fourth-order valence-corrected chi connectivity index (χ4v) is 3.53. The molecule has 6 nitrogen and oxygen atoms in total. The van der Waals surface area contributed by atoms with Crippen LogP contribution in [0.25, 0.3) is 10.6 Å². The van der Waals surface area contributed by atoms with Gasteiger partial charge in [0.2, 0.25) is 5.91 Å². The monoisotopic (exact) mass is 393 g/mol. The molecule has 1 amide bonds. The van der Waals surface area contributed by atoms with Crippen LogP contribution in [0.5, 0.6) is 0 Å². The van der Waals surface area contributed by atoms with Gasteiger partial charge in [-0.05, 0) is 23.3 Å². The van der Waals surface area contributed by atoms with Crippen LogP contribution in [0.2, 0.25) is 0 Å². The summed E-state index contributed by atoms with van der Waals surface area (Å²) in [7, 11) is 0. The van der Waals surface area contributed by atoms with E-state index >= 15 is 0 Å². The molecule has 0 aliphatic carbocycles. The van der Waals surface area contributed by atoms with Crippen LogP contribution in [0.4, 0.5) is 0 Å². The van der Waals surface area contributed by atoms with Gasteiger partial charge in [0, 0.05) is 32.2 Å². The number of carbonyl (C=O) groups is 1. The largest absolute Gasteiger partial charge is 0.365 e. The molecule has 1 N–H and O–H groups in total. The maximum Gasteiger partial charge on any atom is 0.246 e. The Bertz CT molecular complexity index is 658. The van der Waals surface area contributed by atoms with Crippen LogP contribution in [-0.4, -0.2) is 48.7 Å². The molecular weight excluding hydrogens is 362 g/mol. The average Bonchev–Trinajstić information content (AvgIpc) is 3.25. The fourth-order valence-electron chi connectivity index (χ4n) is 2.86. The Morgan fingerprint density at radius 3 is 2.67 bits per heavy atom. The summed E-state index contributed by atoms with van der Waals surface area (Å²) in [6.45, 7) is 12.7. The lowest BCUT2D eigenvalue weighted by atomic mass is 10.1. The molecule has 0 aliphatic rings. The molecule has 7 heteroatoms. The van der Waals surface area contributed by atoms with E-state index in [9.17, 15) is 4.79 Å². The van der Waals surface area contributed by atoms with E-state index in [-0.39, 0.29) is 19.1 Å². The minimum Gasteiger partial charge on any atom is -0.365 e. The maximum atomic E-state index is 12.0. The minimum absolute atomic E-state index is 0.0234. The summed E-state index contributed by atoms with van der Waals surface area (Å²) in [5.41, 5.74) is 0.686. The number of aromatic nitrogens is 1. The first-order valence-corrected chi connectivity index (χ1v) is 10.4. The second-order valence-corrected chi connectivity index (χ2v) is 8.50. The van der Waals surface area contributed by atoms with Crippen molar-refractivity contribution in [2.75, 3.05) is 32.8 Å². The van der Waals surface area contributed by atoms with Gasteiger partial charge in [-0.1, -0.05) is 38.9 Å². The Hall–Kier alpha value is -1.70. The van der Waals surface area contributed by atoms with Crippen molar-refractivity contribution in [3.63, 3.8) is 0 Å². The van der Waals surface area contributed by atoms with Gasteiger partial charge in [0.15, 0.2) is 5.76 Å². The van der Waals surface area contributed by atoms with Crippen molar-refractivity contribution in [3.8, 4) is 10.6 Å². The van der Waals surface area contributed by atoms with Crippen molar-refractivity contribution in [3.05, 3.63) is 29.3 Å². The SMILES string of the molecule is CC(C)CN(CCNC(=O)COCc1cc(-c2cccs2)on1)CC(C)C. The molecule has 0 aromatic carbocycles. The second kappa shape index (κ2) is 11.2. The van der Waals surface area contributed by atoms with Gasteiger partial charge in [-0.15, -0.1) is 11.3 Å². The molecule has 0 atom stereocenters. The molecule has 0 spiro atoms. The molecule has 2 rings (SSSR count). The van der Waals surface area contributed by atoms with Crippen LogP contribution >= 0.6 is 11.3 Å². The van der Waals surface area contributed by atoms with Crippen molar-refractivity contribution < 1.29 is 14.1 Å². The highest BCUT2D eigenvalue weighted by molar-refractivity contribution is 7.13. The summed E-state index contributed by atoms with van der Waals surface area (Å²) < 4.78 is 10.7. The van der Waals surface area contributed by atoms with E-state index in [1.807, 2.05) is 23.6 Å². The van der Waals surface area contributed by atoms with E-state index in [1.165, 1.54) is 0 Å². The topological polar surface area (TPSA) is 67.6 Å². The van der Waals surface area contributed by atoms with Crippen molar-refractivity contribution in [2.24, 2.45) is 11.8 Å². The summed E-state index contributed by atoms with van der Waals surface area (Å²) in [5, 5.41) is 8.89. The van der Waals surface area contributed by atoms with Gasteiger partial charge >= 0.3 is 0 Å². The predicted octanol–water partition coefficient (Wildman–Crippen LogP) is 3.65. The Labute approximate surface area is 165 Å². The van der Waals surface area contributed by atoms with Gasteiger partial charge in [0.05, 0.1) is 11.5 Å². The zero-order chi connectivity index (χ0) is 19.6. The van der Waals surface area contributed by atoms with Gasteiger partial charge in [0.1, 0.15) is 12.3 Å². The van der Waals surface area contributed by atoms with E-state index in [0.29, 0.717) is 24.1 Å². The Kier molecular flexibility index (Phi) is 8.97. The third-order valence-electron chi connectivity index (χ3n) is 3.80. The molecule has 2 aromatic rings. The predicted molar refractivity (Wildman–Crippen MR) is 109 cm³/mol. The number of hydrogen-bond acceptors (Lipinski definition) is 6. The Morgan fingerprint density at radius 1 is 1.30 bits per heavy atom. The molecule has 27 heavy (non-hydrogen) atoms. The molecule has 0 saturated heterocycles. The lowest BCUT2D eigenvalue weighted by molar-refractivity contribution is -0.126. The normalized spacial score (nSPS) is 11.7. The minimum atomic E-state index is -0.106. The lowest BCUT2D eigenvalue weighted by Gasteiger charge is -2.26. The van der Waals surface area contributed by atoms with Crippen LogP contribution < -0.4 is 5.32 Å². The van der Waals surface area contributed by atoms with E-state index < -0.39 is 0 Å². The molecule has 2 heterocycles. The van der Waals surface area contributed by atoms with Gasteiger partial charge in [-0.2, -0.15) is 0 Å². The number of carbonyl (C=O) groups excluding carboxylic acids is 1. The van der Waals surface area contributed by atoms with E-state index in [4.69, 9.17) is 9.26 Å². The summed E-state index contributed by atoms with van der Waals surface area (Å²) in [6.07, 6.45) is 0. The van der Waals surface area contributed by atoms with E-state index in [1.54, 1.807) is 11.3 Å². The highest BCUT2D eigenvalue weighted by atomic mass is 32.1. The van der Waals surface area contributed by atoms with Crippen LogP contribution in [0.15, 0.2) is 28.1 Å². The Morgan fingerprint density at radius 2 is 2.04 bits per heavy atom. The summed E-state index contributed by atoms with van der Waals surface area (Å²) in [4.78, 5) is 15.4. The van der Waals surface area contributed by atoms with Gasteiger partial charge in [-0.25, -0.2) is 0 Å². The van der Waals surface area contributed by atoms with E-state index in [0.717, 1.165) is 30.3 Å². The van der Waals surface area contributed by atoms with Crippen molar-refractivity contribution in [1.29, 1.82) is 0 Å². The summed E-state index contributed by atoms with van der Waals surface area (Å²) in [5.74, 6) is 1.85.